The minimum absolute atomic E-state index is 0.0253. The maximum atomic E-state index is 11.0. The first kappa shape index (κ1) is 8.92. The number of hydrogen-bond donors (Lipinski definition) is 0. The van der Waals surface area contributed by atoms with E-state index in [9.17, 15) is 4.79 Å². The first-order chi connectivity index (χ1) is 7.34. The average molecular weight is 204 g/mol. The van der Waals surface area contributed by atoms with Crippen LogP contribution in [0.25, 0.3) is 0 Å². The summed E-state index contributed by atoms with van der Waals surface area (Å²) in [6, 6.07) is 10.1. The Labute approximate surface area is 88.0 Å². The molecule has 0 amide bonds. The topological polar surface area (TPSA) is 38.8 Å². The molecule has 2 heterocycles. The minimum Gasteiger partial charge on any atom is -0.459 e. The van der Waals surface area contributed by atoms with Crippen LogP contribution < -0.4 is 0 Å². The molecule has 0 aliphatic carbocycles. The van der Waals surface area contributed by atoms with Gasteiger partial charge in [-0.05, 0) is 12.0 Å². The van der Waals surface area contributed by atoms with E-state index in [0.717, 1.165) is 6.42 Å². The Balaban J connectivity index is 1.67. The molecular weight excluding hydrogens is 192 g/mol. The molecule has 0 aromatic heterocycles. The highest BCUT2D eigenvalue weighted by Gasteiger charge is 2.49. The predicted octanol–water partition coefficient (Wildman–Crippen LogP) is 1.83. The molecule has 0 radical (unpaired) electrons. The van der Waals surface area contributed by atoms with Crippen LogP contribution in [-0.4, -0.2) is 18.2 Å². The van der Waals surface area contributed by atoms with E-state index in [-0.39, 0.29) is 24.3 Å². The molecule has 3 nitrogen and oxygen atoms in total. The van der Waals surface area contributed by atoms with Crippen molar-refractivity contribution in [3.63, 3.8) is 0 Å². The van der Waals surface area contributed by atoms with Crippen molar-refractivity contribution in [2.24, 2.45) is 0 Å². The second-order valence-corrected chi connectivity index (χ2v) is 4.00. The first-order valence-electron chi connectivity index (χ1n) is 5.24. The van der Waals surface area contributed by atoms with Gasteiger partial charge in [0.25, 0.3) is 0 Å². The van der Waals surface area contributed by atoms with Gasteiger partial charge in [-0.25, -0.2) is 0 Å². The van der Waals surface area contributed by atoms with Gasteiger partial charge in [-0.3, -0.25) is 4.79 Å². The quantitative estimate of drug-likeness (QED) is 0.545. The Kier molecular flexibility index (Phi) is 1.99. The van der Waals surface area contributed by atoms with Gasteiger partial charge in [-0.2, -0.15) is 0 Å². The zero-order valence-corrected chi connectivity index (χ0v) is 8.26. The van der Waals surface area contributed by atoms with E-state index in [0.29, 0.717) is 6.42 Å². The summed E-state index contributed by atoms with van der Waals surface area (Å²) < 4.78 is 10.7. The molecule has 2 aliphatic rings. The molecule has 0 unspecified atom stereocenters. The standard InChI is InChI=1S/C12H12O3/c13-10-7-6-9(14-10)12-11(15-12)8-4-2-1-3-5-8/h1-5,9,11-12H,6-7H2/t9-,11-,12+/m0/s1. The van der Waals surface area contributed by atoms with Crippen LogP contribution in [0.1, 0.15) is 24.5 Å². The van der Waals surface area contributed by atoms with Crippen molar-refractivity contribution >= 4 is 5.97 Å². The third-order valence-corrected chi connectivity index (χ3v) is 2.94. The third-order valence-electron chi connectivity index (χ3n) is 2.94. The fourth-order valence-electron chi connectivity index (χ4n) is 2.10. The van der Waals surface area contributed by atoms with Crippen LogP contribution in [0.2, 0.25) is 0 Å². The predicted molar refractivity (Wildman–Crippen MR) is 53.2 cm³/mol. The molecule has 3 heteroatoms. The number of ether oxygens (including phenoxy) is 2. The van der Waals surface area contributed by atoms with E-state index >= 15 is 0 Å². The van der Waals surface area contributed by atoms with Crippen LogP contribution in [0.5, 0.6) is 0 Å². The van der Waals surface area contributed by atoms with E-state index in [2.05, 4.69) is 0 Å². The second kappa shape index (κ2) is 3.35. The maximum absolute atomic E-state index is 11.0. The van der Waals surface area contributed by atoms with Crippen LogP contribution in [0.4, 0.5) is 0 Å². The molecule has 15 heavy (non-hydrogen) atoms. The van der Waals surface area contributed by atoms with Gasteiger partial charge in [0.2, 0.25) is 0 Å². The van der Waals surface area contributed by atoms with Gasteiger partial charge in [-0.15, -0.1) is 0 Å². The Morgan fingerprint density at radius 1 is 1.20 bits per heavy atom. The second-order valence-electron chi connectivity index (χ2n) is 4.00. The van der Waals surface area contributed by atoms with E-state index in [4.69, 9.17) is 9.47 Å². The van der Waals surface area contributed by atoms with Crippen molar-refractivity contribution in [2.45, 2.75) is 31.2 Å². The summed E-state index contributed by atoms with van der Waals surface area (Å²) in [5, 5.41) is 0. The summed E-state index contributed by atoms with van der Waals surface area (Å²) in [4.78, 5) is 11.0. The molecule has 3 rings (SSSR count). The SMILES string of the molecule is O=C1CC[C@@H]([C@H]2O[C@H]2c2ccccc2)O1. The zero-order chi connectivity index (χ0) is 10.3. The Hall–Kier alpha value is -1.35. The molecule has 1 aromatic rings. The van der Waals surface area contributed by atoms with Gasteiger partial charge < -0.3 is 9.47 Å². The average Bonchev–Trinajstić information content (AvgIpc) is 2.96. The van der Waals surface area contributed by atoms with Gasteiger partial charge in [0, 0.05) is 6.42 Å². The lowest BCUT2D eigenvalue weighted by Crippen LogP contribution is -2.14. The highest BCUT2D eigenvalue weighted by molar-refractivity contribution is 5.71. The molecule has 3 atom stereocenters. The minimum atomic E-state index is -0.0951. The van der Waals surface area contributed by atoms with Crippen LogP contribution >= 0.6 is 0 Å². The number of carbonyl (C=O) groups excluding carboxylic acids is 1. The van der Waals surface area contributed by atoms with Crippen molar-refractivity contribution < 1.29 is 14.3 Å². The molecule has 2 aliphatic heterocycles. The number of esters is 1. The summed E-state index contributed by atoms with van der Waals surface area (Å²) >= 11 is 0. The molecule has 2 fully saturated rings. The monoisotopic (exact) mass is 204 g/mol. The van der Waals surface area contributed by atoms with E-state index < -0.39 is 0 Å². The molecule has 2 saturated heterocycles. The summed E-state index contributed by atoms with van der Waals surface area (Å²) in [6.07, 6.45) is 1.52. The normalized spacial score (nSPS) is 33.9. The lowest BCUT2D eigenvalue weighted by molar-refractivity contribution is -0.142. The fourth-order valence-corrected chi connectivity index (χ4v) is 2.10. The van der Waals surface area contributed by atoms with Crippen molar-refractivity contribution in [3.05, 3.63) is 35.9 Å². The van der Waals surface area contributed by atoms with Crippen LogP contribution in [0, 0.1) is 0 Å². The van der Waals surface area contributed by atoms with Gasteiger partial charge in [-0.1, -0.05) is 30.3 Å². The highest BCUT2D eigenvalue weighted by atomic mass is 16.6. The first-order valence-corrected chi connectivity index (χ1v) is 5.24. The lowest BCUT2D eigenvalue weighted by atomic mass is 10.1. The molecular formula is C12H12O3. The Morgan fingerprint density at radius 3 is 2.67 bits per heavy atom. The molecule has 1 aromatic carbocycles. The summed E-state index contributed by atoms with van der Waals surface area (Å²) in [5.74, 6) is -0.0951. The van der Waals surface area contributed by atoms with Crippen molar-refractivity contribution in [3.8, 4) is 0 Å². The van der Waals surface area contributed by atoms with E-state index in [1.807, 2.05) is 30.3 Å². The highest BCUT2D eigenvalue weighted by Crippen LogP contribution is 2.44. The van der Waals surface area contributed by atoms with Crippen molar-refractivity contribution in [1.82, 2.24) is 0 Å². The largest absolute Gasteiger partial charge is 0.459 e. The molecule has 0 spiro atoms. The lowest BCUT2D eigenvalue weighted by Gasteiger charge is -2.04. The number of benzene rings is 1. The summed E-state index contributed by atoms with van der Waals surface area (Å²) in [6.45, 7) is 0. The van der Waals surface area contributed by atoms with Crippen LogP contribution in [0.15, 0.2) is 30.3 Å². The number of rotatable bonds is 2. The molecule has 0 saturated carbocycles. The third kappa shape index (κ3) is 1.63. The number of hydrogen-bond acceptors (Lipinski definition) is 3. The summed E-state index contributed by atoms with van der Waals surface area (Å²) in [7, 11) is 0. The smallest absolute Gasteiger partial charge is 0.306 e. The zero-order valence-electron chi connectivity index (χ0n) is 8.26. The molecule has 0 bridgehead atoms. The van der Waals surface area contributed by atoms with Gasteiger partial charge in [0.1, 0.15) is 18.3 Å². The summed E-state index contributed by atoms with van der Waals surface area (Å²) in [5.41, 5.74) is 1.17. The van der Waals surface area contributed by atoms with Crippen molar-refractivity contribution in [2.75, 3.05) is 0 Å². The molecule has 78 valence electrons. The number of cyclic esters (lactones) is 1. The fraction of sp³-hybridized carbons (Fsp3) is 0.417. The maximum Gasteiger partial charge on any atom is 0.306 e. The van der Waals surface area contributed by atoms with Gasteiger partial charge in [0.05, 0.1) is 0 Å². The van der Waals surface area contributed by atoms with Gasteiger partial charge in [0.15, 0.2) is 0 Å². The number of carbonyl (C=O) groups is 1. The van der Waals surface area contributed by atoms with Crippen LogP contribution in [-0.2, 0) is 14.3 Å². The van der Waals surface area contributed by atoms with Crippen LogP contribution in [0.3, 0.4) is 0 Å². The number of epoxide rings is 1. The van der Waals surface area contributed by atoms with E-state index in [1.54, 1.807) is 0 Å². The van der Waals surface area contributed by atoms with E-state index in [1.165, 1.54) is 5.56 Å². The van der Waals surface area contributed by atoms with Gasteiger partial charge >= 0.3 is 5.97 Å². The molecule has 0 N–H and O–H groups in total. The van der Waals surface area contributed by atoms with Crippen molar-refractivity contribution in [1.29, 1.82) is 0 Å². The Morgan fingerprint density at radius 2 is 2.00 bits per heavy atom. The Bertz CT molecular complexity index is 374.